The molecule has 0 unspecified atom stereocenters. The summed E-state index contributed by atoms with van der Waals surface area (Å²) >= 11 is 6.11. The highest BCUT2D eigenvalue weighted by atomic mass is 35.5. The predicted molar refractivity (Wildman–Crippen MR) is 113 cm³/mol. The van der Waals surface area contributed by atoms with E-state index in [-0.39, 0.29) is 16.9 Å². The van der Waals surface area contributed by atoms with Crippen LogP contribution in [0.1, 0.15) is 30.9 Å². The molecule has 0 saturated heterocycles. The second kappa shape index (κ2) is 7.12. The summed E-state index contributed by atoms with van der Waals surface area (Å²) in [6.07, 6.45) is 12.9. The molecular weight excluding hydrogens is 389 g/mol. The minimum Gasteiger partial charge on any atom is -0.383 e. The van der Waals surface area contributed by atoms with Gasteiger partial charge in [0.1, 0.15) is 23.6 Å². The van der Waals surface area contributed by atoms with Crippen LogP contribution in [0, 0.1) is 5.82 Å². The zero-order valence-corrected chi connectivity index (χ0v) is 16.4. The molecule has 1 aliphatic carbocycles. The summed E-state index contributed by atoms with van der Waals surface area (Å²) in [6, 6.07) is 5.63. The van der Waals surface area contributed by atoms with Gasteiger partial charge in [0, 0.05) is 29.4 Å². The Bertz CT molecular complexity index is 1260. The van der Waals surface area contributed by atoms with Crippen molar-refractivity contribution in [1.29, 1.82) is 0 Å². The summed E-state index contributed by atoms with van der Waals surface area (Å²) in [5.74, 6) is 0.123. The van der Waals surface area contributed by atoms with E-state index in [1.165, 1.54) is 11.9 Å². The molecule has 7 heteroatoms. The molecule has 5 nitrogen and oxygen atoms in total. The van der Waals surface area contributed by atoms with E-state index in [1.807, 2.05) is 12.3 Å². The lowest BCUT2D eigenvalue weighted by Gasteiger charge is -2.10. The predicted octanol–water partition coefficient (Wildman–Crippen LogP) is 5.25. The van der Waals surface area contributed by atoms with Gasteiger partial charge in [0.15, 0.2) is 0 Å². The third kappa shape index (κ3) is 3.13. The summed E-state index contributed by atoms with van der Waals surface area (Å²) in [5, 5.41) is 2.40. The van der Waals surface area contributed by atoms with Gasteiger partial charge in [-0.25, -0.2) is 14.4 Å². The average molecular weight is 408 g/mol. The van der Waals surface area contributed by atoms with Crippen molar-refractivity contribution in [2.75, 3.05) is 5.73 Å². The van der Waals surface area contributed by atoms with Crippen LogP contribution in [0.15, 0.2) is 54.8 Å². The minimum absolute atomic E-state index is 0.160. The van der Waals surface area contributed by atoms with Gasteiger partial charge in [-0.1, -0.05) is 23.3 Å². The van der Waals surface area contributed by atoms with Crippen LogP contribution >= 0.6 is 11.6 Å². The first-order valence-corrected chi connectivity index (χ1v) is 9.97. The standard InChI is InChI=1S/C22H19ClFN5/c23-19-10-14(18-11-26-7-5-16(18)20(19)24)3-1-13-2-4-15(9-13)29-8-6-17-21(25)27-12-28-22(17)29/h5-12,15H,1-4H2,(H2,25,27,28)/t15-/m0/s1. The van der Waals surface area contributed by atoms with Crippen LogP contribution in [0.25, 0.3) is 21.8 Å². The molecule has 1 aliphatic rings. The van der Waals surface area contributed by atoms with Gasteiger partial charge in [-0.3, -0.25) is 4.98 Å². The zero-order chi connectivity index (χ0) is 20.0. The van der Waals surface area contributed by atoms with E-state index in [2.05, 4.69) is 25.6 Å². The van der Waals surface area contributed by atoms with Crippen LogP contribution in [0.2, 0.25) is 5.02 Å². The number of anilines is 1. The fourth-order valence-corrected chi connectivity index (χ4v) is 4.46. The van der Waals surface area contributed by atoms with Crippen LogP contribution in [-0.4, -0.2) is 19.5 Å². The van der Waals surface area contributed by atoms with Crippen molar-refractivity contribution in [1.82, 2.24) is 19.5 Å². The highest BCUT2D eigenvalue weighted by Gasteiger charge is 2.20. The van der Waals surface area contributed by atoms with E-state index in [4.69, 9.17) is 17.3 Å². The number of nitrogens with zero attached hydrogens (tertiary/aromatic N) is 4. The van der Waals surface area contributed by atoms with Gasteiger partial charge >= 0.3 is 0 Å². The lowest BCUT2D eigenvalue weighted by Crippen LogP contribution is -2.03. The first kappa shape index (κ1) is 18.1. The largest absolute Gasteiger partial charge is 0.383 e. The molecule has 5 rings (SSSR count). The van der Waals surface area contributed by atoms with Gasteiger partial charge in [-0.05, 0) is 49.4 Å². The molecule has 1 atom stereocenters. The fraction of sp³-hybridized carbons (Fsp3) is 0.227. The number of benzene rings is 1. The Labute approximate surface area is 172 Å². The van der Waals surface area contributed by atoms with Crippen LogP contribution in [0.5, 0.6) is 0 Å². The molecule has 29 heavy (non-hydrogen) atoms. The Morgan fingerprint density at radius 1 is 1.17 bits per heavy atom. The number of allylic oxidation sites excluding steroid dienone is 2. The molecule has 0 saturated carbocycles. The molecule has 2 N–H and O–H groups in total. The summed E-state index contributed by atoms with van der Waals surface area (Å²) in [6.45, 7) is 0. The molecule has 1 aromatic carbocycles. The smallest absolute Gasteiger partial charge is 0.149 e. The zero-order valence-electron chi connectivity index (χ0n) is 15.6. The molecule has 0 radical (unpaired) electrons. The van der Waals surface area contributed by atoms with Gasteiger partial charge in [0.25, 0.3) is 0 Å². The van der Waals surface area contributed by atoms with Crippen molar-refractivity contribution in [3.8, 4) is 0 Å². The van der Waals surface area contributed by atoms with Gasteiger partial charge < -0.3 is 10.3 Å². The lowest BCUT2D eigenvalue weighted by atomic mass is 9.99. The number of halogens is 2. The highest BCUT2D eigenvalue weighted by molar-refractivity contribution is 6.31. The maximum atomic E-state index is 14.3. The molecule has 0 spiro atoms. The van der Waals surface area contributed by atoms with E-state index >= 15 is 0 Å². The first-order chi connectivity index (χ1) is 14.1. The normalized spacial score (nSPS) is 16.6. The fourth-order valence-electron chi connectivity index (χ4n) is 4.22. The van der Waals surface area contributed by atoms with Gasteiger partial charge in [0.2, 0.25) is 0 Å². The molecule has 4 aromatic rings. The number of fused-ring (bicyclic) bond motifs is 2. The van der Waals surface area contributed by atoms with Crippen molar-refractivity contribution < 1.29 is 4.39 Å². The Morgan fingerprint density at radius 3 is 2.97 bits per heavy atom. The first-order valence-electron chi connectivity index (χ1n) is 9.59. The highest BCUT2D eigenvalue weighted by Crippen LogP contribution is 2.35. The number of nitrogens with two attached hydrogens (primary N) is 1. The van der Waals surface area contributed by atoms with Crippen molar-refractivity contribution in [2.24, 2.45) is 0 Å². The Hall–Kier alpha value is -2.99. The number of aromatic nitrogens is 4. The van der Waals surface area contributed by atoms with Gasteiger partial charge in [-0.2, -0.15) is 0 Å². The maximum Gasteiger partial charge on any atom is 0.149 e. The van der Waals surface area contributed by atoms with E-state index in [1.54, 1.807) is 24.5 Å². The minimum atomic E-state index is -0.381. The van der Waals surface area contributed by atoms with Crippen LogP contribution in [0.4, 0.5) is 10.2 Å². The number of rotatable bonds is 4. The Morgan fingerprint density at radius 2 is 2.07 bits per heavy atom. The van der Waals surface area contributed by atoms with Crippen LogP contribution < -0.4 is 5.73 Å². The number of pyridine rings is 1. The third-order valence-corrected chi connectivity index (χ3v) is 5.99. The molecule has 0 fully saturated rings. The lowest BCUT2D eigenvalue weighted by molar-refractivity contribution is 0.603. The average Bonchev–Trinajstić information content (AvgIpc) is 3.37. The van der Waals surface area contributed by atoms with Crippen molar-refractivity contribution in [3.63, 3.8) is 0 Å². The monoisotopic (exact) mass is 407 g/mol. The summed E-state index contributed by atoms with van der Waals surface area (Å²) < 4.78 is 16.5. The van der Waals surface area contributed by atoms with E-state index < -0.39 is 0 Å². The quantitative estimate of drug-likeness (QED) is 0.469. The number of nitrogen functional groups attached to an aromatic ring is 1. The summed E-state index contributed by atoms with van der Waals surface area (Å²) in [4.78, 5) is 12.6. The molecular formula is C22H19ClFN5. The van der Waals surface area contributed by atoms with Gasteiger partial charge in [-0.15, -0.1) is 0 Å². The molecule has 0 bridgehead atoms. The number of aryl methyl sites for hydroxylation is 1. The van der Waals surface area contributed by atoms with Gasteiger partial charge in [0.05, 0.1) is 16.5 Å². The van der Waals surface area contributed by atoms with E-state index in [9.17, 15) is 4.39 Å². The topological polar surface area (TPSA) is 69.6 Å². The molecule has 3 heterocycles. The van der Waals surface area contributed by atoms with Crippen LogP contribution in [0.3, 0.4) is 0 Å². The second-order valence-electron chi connectivity index (χ2n) is 7.40. The molecule has 0 aliphatic heterocycles. The van der Waals surface area contributed by atoms with Crippen molar-refractivity contribution in [2.45, 2.75) is 31.7 Å². The van der Waals surface area contributed by atoms with Crippen molar-refractivity contribution >= 4 is 39.2 Å². The van der Waals surface area contributed by atoms with E-state index in [0.717, 1.165) is 47.7 Å². The maximum absolute atomic E-state index is 14.3. The second-order valence-corrected chi connectivity index (χ2v) is 7.81. The van der Waals surface area contributed by atoms with Crippen molar-refractivity contribution in [3.05, 3.63) is 71.2 Å². The molecule has 146 valence electrons. The molecule has 0 amide bonds. The SMILES string of the molecule is Nc1ncnc2c1ccn2[C@@H]1C=C(CCc2cc(Cl)c(F)c3ccncc23)CC1. The molecule has 3 aromatic heterocycles. The summed E-state index contributed by atoms with van der Waals surface area (Å²) in [7, 11) is 0. The third-order valence-electron chi connectivity index (χ3n) is 5.72. The number of hydrogen-bond donors (Lipinski definition) is 1. The summed E-state index contributed by atoms with van der Waals surface area (Å²) in [5.41, 5.74) is 9.23. The van der Waals surface area contributed by atoms with E-state index in [0.29, 0.717) is 11.2 Å². The van der Waals surface area contributed by atoms with Crippen LogP contribution in [-0.2, 0) is 6.42 Å². The number of hydrogen-bond acceptors (Lipinski definition) is 4. The Kier molecular flexibility index (Phi) is 4.43. The Balaban J connectivity index is 1.39.